The molecule has 4 bridgehead atoms. The van der Waals surface area contributed by atoms with Crippen molar-refractivity contribution in [2.45, 2.75) is 86.3 Å². The minimum atomic E-state index is -2.75. The van der Waals surface area contributed by atoms with Crippen molar-refractivity contribution in [2.24, 2.45) is 35.5 Å². The van der Waals surface area contributed by atoms with E-state index >= 15 is 0 Å². The Bertz CT molecular complexity index is 1100. The lowest BCUT2D eigenvalue weighted by Gasteiger charge is -2.59. The van der Waals surface area contributed by atoms with Crippen LogP contribution in [-0.2, 0) is 9.53 Å². The first-order valence-corrected chi connectivity index (χ1v) is 15.1. The van der Waals surface area contributed by atoms with Crippen molar-refractivity contribution in [1.82, 2.24) is 10.3 Å². The summed E-state index contributed by atoms with van der Waals surface area (Å²) in [5.74, 6) is 0.890. The number of anilines is 1. The van der Waals surface area contributed by atoms with E-state index in [4.69, 9.17) is 9.72 Å². The van der Waals surface area contributed by atoms with Crippen LogP contribution in [-0.4, -0.2) is 58.6 Å². The van der Waals surface area contributed by atoms with Gasteiger partial charge in [-0.2, -0.15) is 8.78 Å². The monoisotopic (exact) mass is 547 g/mol. The number of carbonyl (C=O) groups excluding carboxylic acids is 1. The number of aromatic nitrogens is 1. The lowest BCUT2D eigenvalue weighted by molar-refractivity contribution is -0.260. The summed E-state index contributed by atoms with van der Waals surface area (Å²) in [7, 11) is 0. The summed E-state index contributed by atoms with van der Waals surface area (Å²) in [6, 6.07) is 3.76. The van der Waals surface area contributed by atoms with Gasteiger partial charge in [-0.05, 0) is 86.7 Å². The van der Waals surface area contributed by atoms with Gasteiger partial charge in [-0.15, -0.1) is 11.8 Å². The van der Waals surface area contributed by atoms with E-state index in [0.717, 1.165) is 36.5 Å². The van der Waals surface area contributed by atoms with E-state index in [0.29, 0.717) is 49.1 Å². The van der Waals surface area contributed by atoms with Gasteiger partial charge in [0.15, 0.2) is 0 Å². The molecule has 0 spiro atoms. The van der Waals surface area contributed by atoms with Gasteiger partial charge in [0.1, 0.15) is 10.8 Å². The molecule has 38 heavy (non-hydrogen) atoms. The highest BCUT2D eigenvalue weighted by molar-refractivity contribution is 7.99. The Kier molecular flexibility index (Phi) is 6.15. The Morgan fingerprint density at radius 3 is 2.42 bits per heavy atom. The molecule has 3 unspecified atom stereocenters. The maximum absolute atomic E-state index is 13.7. The molecule has 2 heterocycles. The summed E-state index contributed by atoms with van der Waals surface area (Å²) in [6.45, 7) is -1.36. The van der Waals surface area contributed by atoms with Crippen molar-refractivity contribution >= 4 is 29.5 Å². The standard InChI is InChI=1S/C28H35F2N3O4S/c29-27(30)37-28-9-14-7-15(10-28)23(16(8-14)11-28)32-24(34)18-5-6-21(31-25(18)38-17-3-1-2-4-17)33-12-19-20(13-33)22(19)26(35)36/h5-6,14-17,19-20,22-23,27H,1-4,7-13H2,(H,32,34)(H,35,36)/t14?,15?,16?,19-,20+,22?,23-,28+. The molecule has 1 aromatic heterocycles. The van der Waals surface area contributed by atoms with Gasteiger partial charge < -0.3 is 20.1 Å². The van der Waals surface area contributed by atoms with Crippen molar-refractivity contribution in [3.63, 3.8) is 0 Å². The van der Waals surface area contributed by atoms with Crippen molar-refractivity contribution in [3.8, 4) is 0 Å². The molecule has 10 heteroatoms. The molecule has 6 aliphatic carbocycles. The number of pyridine rings is 1. The van der Waals surface area contributed by atoms with Crippen molar-refractivity contribution in [2.75, 3.05) is 18.0 Å². The van der Waals surface area contributed by atoms with Crippen LogP contribution in [0.4, 0.5) is 14.6 Å². The van der Waals surface area contributed by atoms with Crippen LogP contribution in [0.2, 0.25) is 0 Å². The SMILES string of the molecule is O=C(N[C@H]1C2CC3CC1C[C@@](OC(F)F)(C3)C2)c1ccc(N2C[C@@H]3C(C(=O)O)[C@@H]3C2)nc1SC1CCCC1. The number of hydrogen-bond acceptors (Lipinski definition) is 6. The second-order valence-electron chi connectivity index (χ2n) is 12.7. The molecule has 7 aliphatic rings. The van der Waals surface area contributed by atoms with Crippen LogP contribution in [0.15, 0.2) is 17.2 Å². The van der Waals surface area contributed by atoms with Gasteiger partial charge in [-0.3, -0.25) is 9.59 Å². The number of fused-ring (bicyclic) bond motifs is 1. The Balaban J connectivity index is 1.09. The number of aliphatic carboxylic acids is 1. The number of rotatable bonds is 8. The Morgan fingerprint density at radius 2 is 1.79 bits per heavy atom. The van der Waals surface area contributed by atoms with E-state index in [2.05, 4.69) is 10.2 Å². The zero-order valence-electron chi connectivity index (χ0n) is 21.4. The summed E-state index contributed by atoms with van der Waals surface area (Å²) in [4.78, 5) is 32.2. The van der Waals surface area contributed by atoms with Gasteiger partial charge in [-0.1, -0.05) is 12.8 Å². The maximum atomic E-state index is 13.7. The number of carboxylic acid groups (broad SMARTS) is 1. The van der Waals surface area contributed by atoms with Crippen LogP contribution in [0.3, 0.4) is 0 Å². The number of ether oxygens (including phenoxy) is 1. The lowest BCUT2D eigenvalue weighted by Crippen LogP contribution is -2.62. The first-order chi connectivity index (χ1) is 18.3. The number of thioether (sulfide) groups is 1. The van der Waals surface area contributed by atoms with Crippen LogP contribution >= 0.6 is 11.8 Å². The zero-order chi connectivity index (χ0) is 26.2. The van der Waals surface area contributed by atoms with Crippen molar-refractivity contribution < 1.29 is 28.2 Å². The van der Waals surface area contributed by atoms with Crippen molar-refractivity contribution in [1.29, 1.82) is 0 Å². The first-order valence-electron chi connectivity index (χ1n) is 14.2. The Labute approximate surface area is 225 Å². The Hall–Kier alpha value is -1.94. The highest BCUT2D eigenvalue weighted by Crippen LogP contribution is 2.58. The van der Waals surface area contributed by atoms with E-state index in [1.165, 1.54) is 12.8 Å². The number of carboxylic acids is 1. The largest absolute Gasteiger partial charge is 0.481 e. The molecule has 7 fully saturated rings. The number of amides is 1. The summed E-state index contributed by atoms with van der Waals surface area (Å²) >= 11 is 1.70. The molecule has 0 aromatic carbocycles. The second kappa shape index (κ2) is 9.32. The number of piperidine rings is 1. The number of alkyl halides is 2. The average molecular weight is 548 g/mol. The number of nitrogens with zero attached hydrogens (tertiary/aromatic N) is 2. The molecule has 0 radical (unpaired) electrons. The summed E-state index contributed by atoms with van der Waals surface area (Å²) in [6.07, 6.45) is 8.44. The molecular formula is C28H35F2N3O4S. The van der Waals surface area contributed by atoms with Gasteiger partial charge in [0, 0.05) is 24.4 Å². The molecule has 2 N–H and O–H groups in total. The highest BCUT2D eigenvalue weighted by Gasteiger charge is 2.60. The fourth-order valence-electron chi connectivity index (χ4n) is 8.86. The molecular weight excluding hydrogens is 512 g/mol. The molecule has 7 nitrogen and oxygen atoms in total. The fourth-order valence-corrected chi connectivity index (χ4v) is 10.2. The van der Waals surface area contributed by atoms with E-state index in [1.54, 1.807) is 11.8 Å². The molecule has 1 amide bonds. The average Bonchev–Trinajstić information content (AvgIpc) is 3.17. The smallest absolute Gasteiger partial charge is 0.345 e. The van der Waals surface area contributed by atoms with Crippen LogP contribution < -0.4 is 10.2 Å². The summed E-state index contributed by atoms with van der Waals surface area (Å²) in [5, 5.41) is 13.9. The Morgan fingerprint density at radius 1 is 1.11 bits per heavy atom. The quantitative estimate of drug-likeness (QED) is 0.483. The number of carbonyl (C=O) groups is 2. The third kappa shape index (κ3) is 4.39. The van der Waals surface area contributed by atoms with Crippen LogP contribution in [0.25, 0.3) is 0 Å². The predicted molar refractivity (Wildman–Crippen MR) is 137 cm³/mol. The lowest BCUT2D eigenvalue weighted by atomic mass is 9.52. The molecule has 1 saturated heterocycles. The van der Waals surface area contributed by atoms with Gasteiger partial charge in [0.25, 0.3) is 5.91 Å². The molecule has 5 atom stereocenters. The van der Waals surface area contributed by atoms with Gasteiger partial charge in [0.05, 0.1) is 17.1 Å². The predicted octanol–water partition coefficient (Wildman–Crippen LogP) is 4.80. The van der Waals surface area contributed by atoms with E-state index in [-0.39, 0.29) is 41.5 Å². The minimum Gasteiger partial charge on any atom is -0.481 e. The fraction of sp³-hybridized carbons (Fsp3) is 0.750. The third-order valence-electron chi connectivity index (χ3n) is 10.3. The molecule has 1 aliphatic heterocycles. The molecule has 206 valence electrons. The topological polar surface area (TPSA) is 91.8 Å². The maximum Gasteiger partial charge on any atom is 0.345 e. The molecule has 6 saturated carbocycles. The van der Waals surface area contributed by atoms with Crippen LogP contribution in [0.1, 0.15) is 68.1 Å². The summed E-state index contributed by atoms with van der Waals surface area (Å²) in [5.41, 5.74) is -0.139. The van der Waals surface area contributed by atoms with Gasteiger partial charge in [0.2, 0.25) is 0 Å². The first kappa shape index (κ1) is 25.1. The van der Waals surface area contributed by atoms with E-state index < -0.39 is 18.2 Å². The third-order valence-corrected chi connectivity index (χ3v) is 11.7. The second-order valence-corrected chi connectivity index (χ2v) is 14.0. The van der Waals surface area contributed by atoms with E-state index in [1.807, 2.05) is 12.1 Å². The minimum absolute atomic E-state index is 0.0175. The zero-order valence-corrected chi connectivity index (χ0v) is 22.2. The van der Waals surface area contributed by atoms with Crippen LogP contribution in [0.5, 0.6) is 0 Å². The molecule has 1 aromatic rings. The molecule has 8 rings (SSSR count). The number of hydrogen-bond donors (Lipinski definition) is 2. The van der Waals surface area contributed by atoms with E-state index in [9.17, 15) is 23.5 Å². The highest BCUT2D eigenvalue weighted by atomic mass is 32.2. The van der Waals surface area contributed by atoms with Gasteiger partial charge >= 0.3 is 12.6 Å². The normalized spacial score (nSPS) is 39.1. The summed E-state index contributed by atoms with van der Waals surface area (Å²) < 4.78 is 31.5. The van der Waals surface area contributed by atoms with Crippen LogP contribution in [0, 0.1) is 35.5 Å². The van der Waals surface area contributed by atoms with Gasteiger partial charge in [-0.25, -0.2) is 4.98 Å². The van der Waals surface area contributed by atoms with Crippen molar-refractivity contribution in [3.05, 3.63) is 17.7 Å². The number of halogens is 2. The number of nitrogens with one attached hydrogen (secondary N) is 1.